The van der Waals surface area contributed by atoms with Gasteiger partial charge in [0.15, 0.2) is 5.58 Å². The lowest BCUT2D eigenvalue weighted by atomic mass is 10.1. The van der Waals surface area contributed by atoms with E-state index in [0.717, 1.165) is 28.4 Å². The number of rotatable bonds is 3. The SMILES string of the molecule is NCCCc1cc(Br)cc2[nH]c(=O)oc12. The molecule has 0 aliphatic rings. The highest BCUT2D eigenvalue weighted by molar-refractivity contribution is 9.10. The molecule has 1 heterocycles. The Labute approximate surface area is 94.6 Å². The van der Waals surface area contributed by atoms with E-state index in [1.54, 1.807) is 0 Å². The second-order valence-electron chi connectivity index (χ2n) is 3.35. The van der Waals surface area contributed by atoms with Crippen LogP contribution in [0.4, 0.5) is 0 Å². The summed E-state index contributed by atoms with van der Waals surface area (Å²) in [5.74, 6) is -0.419. The van der Waals surface area contributed by atoms with Gasteiger partial charge in [0, 0.05) is 4.47 Å². The average Bonchev–Trinajstić information content (AvgIpc) is 2.54. The first-order valence-electron chi connectivity index (χ1n) is 4.72. The van der Waals surface area contributed by atoms with Gasteiger partial charge in [-0.25, -0.2) is 4.79 Å². The Morgan fingerprint density at radius 3 is 3.00 bits per heavy atom. The standard InChI is InChI=1S/C10H11BrN2O2/c11-7-4-6(2-1-3-12)9-8(5-7)13-10(14)15-9/h4-5H,1-3,12H2,(H,13,14). The molecule has 0 amide bonds. The highest BCUT2D eigenvalue weighted by Gasteiger charge is 2.08. The van der Waals surface area contributed by atoms with Crippen molar-refractivity contribution in [3.05, 3.63) is 32.7 Å². The van der Waals surface area contributed by atoms with Crippen molar-refractivity contribution >= 4 is 27.0 Å². The van der Waals surface area contributed by atoms with E-state index in [0.29, 0.717) is 12.1 Å². The van der Waals surface area contributed by atoms with E-state index in [9.17, 15) is 4.79 Å². The number of benzene rings is 1. The van der Waals surface area contributed by atoms with Crippen LogP contribution < -0.4 is 11.5 Å². The van der Waals surface area contributed by atoms with Crippen LogP contribution in [0.15, 0.2) is 25.8 Å². The Balaban J connectivity index is 2.55. The summed E-state index contributed by atoms with van der Waals surface area (Å²) in [5.41, 5.74) is 7.81. The summed E-state index contributed by atoms with van der Waals surface area (Å²) in [6.07, 6.45) is 1.69. The second-order valence-corrected chi connectivity index (χ2v) is 4.26. The van der Waals surface area contributed by atoms with Crippen molar-refractivity contribution in [3.63, 3.8) is 0 Å². The number of aromatic nitrogens is 1. The van der Waals surface area contributed by atoms with E-state index in [2.05, 4.69) is 20.9 Å². The summed E-state index contributed by atoms with van der Waals surface area (Å²) in [5, 5.41) is 0. The van der Waals surface area contributed by atoms with Crippen LogP contribution in [0.1, 0.15) is 12.0 Å². The average molecular weight is 271 g/mol. The molecule has 0 saturated carbocycles. The van der Waals surface area contributed by atoms with Crippen molar-refractivity contribution in [1.82, 2.24) is 4.98 Å². The number of hydrogen-bond acceptors (Lipinski definition) is 3. The van der Waals surface area contributed by atoms with E-state index in [-0.39, 0.29) is 0 Å². The van der Waals surface area contributed by atoms with Gasteiger partial charge in [-0.1, -0.05) is 15.9 Å². The third-order valence-electron chi connectivity index (χ3n) is 2.21. The molecule has 0 bridgehead atoms. The lowest BCUT2D eigenvalue weighted by molar-refractivity contribution is 0.551. The summed E-state index contributed by atoms with van der Waals surface area (Å²) < 4.78 is 6.01. The minimum absolute atomic E-state index is 0.419. The molecule has 0 aliphatic heterocycles. The number of H-pyrrole nitrogens is 1. The van der Waals surface area contributed by atoms with Crippen molar-refractivity contribution in [1.29, 1.82) is 0 Å². The van der Waals surface area contributed by atoms with E-state index >= 15 is 0 Å². The molecule has 1 aromatic carbocycles. The molecule has 3 N–H and O–H groups in total. The topological polar surface area (TPSA) is 72.0 Å². The Morgan fingerprint density at radius 1 is 1.47 bits per heavy atom. The fourth-order valence-electron chi connectivity index (χ4n) is 1.57. The maximum absolute atomic E-state index is 11.1. The molecule has 4 nitrogen and oxygen atoms in total. The second kappa shape index (κ2) is 4.20. The van der Waals surface area contributed by atoms with Gasteiger partial charge in [-0.05, 0) is 37.1 Å². The number of nitrogens with two attached hydrogens (primary N) is 1. The molecular weight excluding hydrogens is 260 g/mol. The van der Waals surface area contributed by atoms with Crippen molar-refractivity contribution in [2.75, 3.05) is 6.54 Å². The number of aryl methyl sites for hydroxylation is 1. The monoisotopic (exact) mass is 270 g/mol. The smallest absolute Gasteiger partial charge is 0.408 e. The van der Waals surface area contributed by atoms with Crippen LogP contribution in [0.2, 0.25) is 0 Å². The zero-order valence-corrected chi connectivity index (χ0v) is 9.63. The number of oxazole rings is 1. The summed E-state index contributed by atoms with van der Waals surface area (Å²) in [7, 11) is 0. The molecule has 5 heteroatoms. The molecule has 2 aromatic rings. The Hall–Kier alpha value is -1.07. The predicted octanol–water partition coefficient (Wildman–Crippen LogP) is 1.77. The van der Waals surface area contributed by atoms with Crippen LogP contribution in [-0.2, 0) is 6.42 Å². The molecular formula is C10H11BrN2O2. The van der Waals surface area contributed by atoms with Gasteiger partial charge in [0.05, 0.1) is 5.52 Å². The van der Waals surface area contributed by atoms with Crippen LogP contribution >= 0.6 is 15.9 Å². The molecule has 80 valence electrons. The van der Waals surface area contributed by atoms with Gasteiger partial charge in [0.25, 0.3) is 0 Å². The van der Waals surface area contributed by atoms with E-state index in [1.807, 2.05) is 12.1 Å². The largest absolute Gasteiger partial charge is 0.417 e. The van der Waals surface area contributed by atoms with Gasteiger partial charge in [-0.15, -0.1) is 0 Å². The molecule has 2 rings (SSSR count). The number of aromatic amines is 1. The molecule has 0 unspecified atom stereocenters. The van der Waals surface area contributed by atoms with Crippen LogP contribution in [0.5, 0.6) is 0 Å². The van der Waals surface area contributed by atoms with Crippen molar-refractivity contribution in [3.8, 4) is 0 Å². The van der Waals surface area contributed by atoms with Crippen LogP contribution in [0, 0.1) is 0 Å². The van der Waals surface area contributed by atoms with Gasteiger partial charge in [-0.3, -0.25) is 4.98 Å². The summed E-state index contributed by atoms with van der Waals surface area (Å²) >= 11 is 3.39. The van der Waals surface area contributed by atoms with Gasteiger partial charge < -0.3 is 10.2 Å². The molecule has 15 heavy (non-hydrogen) atoms. The highest BCUT2D eigenvalue weighted by Crippen LogP contribution is 2.23. The van der Waals surface area contributed by atoms with Crippen molar-refractivity contribution < 1.29 is 4.42 Å². The summed E-state index contributed by atoms with van der Waals surface area (Å²) in [6, 6.07) is 3.78. The first-order chi connectivity index (χ1) is 7.20. The number of nitrogens with one attached hydrogen (secondary N) is 1. The number of hydrogen-bond donors (Lipinski definition) is 2. The lowest BCUT2D eigenvalue weighted by Gasteiger charge is -2.01. The maximum Gasteiger partial charge on any atom is 0.417 e. The molecule has 0 aliphatic carbocycles. The summed E-state index contributed by atoms with van der Waals surface area (Å²) in [6.45, 7) is 0.628. The van der Waals surface area contributed by atoms with Crippen molar-refractivity contribution in [2.45, 2.75) is 12.8 Å². The predicted molar refractivity (Wildman–Crippen MR) is 61.9 cm³/mol. The molecule has 0 saturated heterocycles. The van der Waals surface area contributed by atoms with Crippen molar-refractivity contribution in [2.24, 2.45) is 5.73 Å². The van der Waals surface area contributed by atoms with E-state index in [1.165, 1.54) is 0 Å². The Bertz CT molecular complexity index is 530. The molecule has 1 aromatic heterocycles. The Kier molecular flexibility index (Phi) is 2.93. The van der Waals surface area contributed by atoms with Crippen LogP contribution in [-0.4, -0.2) is 11.5 Å². The van der Waals surface area contributed by atoms with Gasteiger partial charge >= 0.3 is 5.76 Å². The lowest BCUT2D eigenvalue weighted by Crippen LogP contribution is -2.00. The first kappa shape index (κ1) is 10.4. The maximum atomic E-state index is 11.1. The van der Waals surface area contributed by atoms with Crippen LogP contribution in [0.25, 0.3) is 11.1 Å². The third kappa shape index (κ3) is 2.13. The quantitative estimate of drug-likeness (QED) is 0.893. The van der Waals surface area contributed by atoms with Crippen LogP contribution in [0.3, 0.4) is 0 Å². The Morgan fingerprint density at radius 2 is 2.27 bits per heavy atom. The van der Waals surface area contributed by atoms with E-state index < -0.39 is 5.76 Å². The number of halogens is 1. The van der Waals surface area contributed by atoms with E-state index in [4.69, 9.17) is 10.2 Å². The highest BCUT2D eigenvalue weighted by atomic mass is 79.9. The summed E-state index contributed by atoms with van der Waals surface area (Å²) in [4.78, 5) is 13.7. The first-order valence-corrected chi connectivity index (χ1v) is 5.51. The third-order valence-corrected chi connectivity index (χ3v) is 2.67. The molecule has 0 spiro atoms. The fraction of sp³-hybridized carbons (Fsp3) is 0.300. The normalized spacial score (nSPS) is 11.1. The van der Waals surface area contributed by atoms with Gasteiger partial charge in [-0.2, -0.15) is 0 Å². The molecule has 0 atom stereocenters. The minimum Gasteiger partial charge on any atom is -0.408 e. The molecule has 0 fully saturated rings. The van der Waals surface area contributed by atoms with Gasteiger partial charge in [0.2, 0.25) is 0 Å². The zero-order chi connectivity index (χ0) is 10.8. The van der Waals surface area contributed by atoms with Gasteiger partial charge in [0.1, 0.15) is 0 Å². The molecule has 0 radical (unpaired) electrons. The number of fused-ring (bicyclic) bond motifs is 1. The zero-order valence-electron chi connectivity index (χ0n) is 8.05. The minimum atomic E-state index is -0.419. The fourth-order valence-corrected chi connectivity index (χ4v) is 2.08.